The first-order chi connectivity index (χ1) is 12.8. The van der Waals surface area contributed by atoms with E-state index in [0.29, 0.717) is 5.56 Å². The van der Waals surface area contributed by atoms with Crippen LogP contribution in [-0.2, 0) is 0 Å². The van der Waals surface area contributed by atoms with Crippen molar-refractivity contribution in [2.75, 3.05) is 25.6 Å². The van der Waals surface area contributed by atoms with Gasteiger partial charge in [-0.1, -0.05) is 30.3 Å². The Labute approximate surface area is 153 Å². The van der Waals surface area contributed by atoms with E-state index in [0.717, 1.165) is 0 Å². The van der Waals surface area contributed by atoms with Crippen molar-refractivity contribution in [2.45, 2.75) is 12.2 Å². The Balaban J connectivity index is 2.06. The molecule has 2 amide bonds. The molecule has 9 heteroatoms. The normalized spacial score (nSPS) is 12.2. The molecule has 3 N–H and O–H groups in total. The predicted molar refractivity (Wildman–Crippen MR) is 93.0 cm³/mol. The Kier molecular flexibility index (Phi) is 6.89. The van der Waals surface area contributed by atoms with Crippen molar-refractivity contribution in [3.05, 3.63) is 54.1 Å². The van der Waals surface area contributed by atoms with E-state index in [-0.39, 0.29) is 23.8 Å². The summed E-state index contributed by atoms with van der Waals surface area (Å²) in [5.74, 6) is -0.0582. The van der Waals surface area contributed by atoms with Gasteiger partial charge in [0.15, 0.2) is 18.1 Å². The zero-order valence-corrected chi connectivity index (χ0v) is 14.4. The highest BCUT2D eigenvalue weighted by Gasteiger charge is 2.29. The highest BCUT2D eigenvalue weighted by molar-refractivity contribution is 5.90. The average molecular weight is 384 g/mol. The number of alkyl halides is 3. The number of ether oxygens (including phenoxy) is 2. The second-order valence-electron chi connectivity index (χ2n) is 5.51. The molecular weight excluding hydrogens is 365 g/mol. The van der Waals surface area contributed by atoms with Gasteiger partial charge in [-0.2, -0.15) is 13.2 Å². The summed E-state index contributed by atoms with van der Waals surface area (Å²) in [6.07, 6.45) is -4.50. The molecule has 0 aliphatic rings. The van der Waals surface area contributed by atoms with Gasteiger partial charge in [-0.25, -0.2) is 4.79 Å². The number of hydrogen-bond donors (Lipinski definition) is 3. The number of methoxy groups -OCH3 is 1. The molecule has 0 unspecified atom stereocenters. The SMILES string of the molecule is COc1ccc(NC(=O)N[C@@H](CO)c2ccccc2)cc1OCC(F)(F)F. The van der Waals surface area contributed by atoms with Gasteiger partial charge in [0.05, 0.1) is 19.8 Å². The van der Waals surface area contributed by atoms with Gasteiger partial charge >= 0.3 is 12.2 Å². The third-order valence-electron chi connectivity index (χ3n) is 3.50. The van der Waals surface area contributed by atoms with Crippen LogP contribution in [0.4, 0.5) is 23.7 Å². The van der Waals surface area contributed by atoms with Crippen molar-refractivity contribution < 1.29 is 32.5 Å². The van der Waals surface area contributed by atoms with E-state index in [9.17, 15) is 23.1 Å². The highest BCUT2D eigenvalue weighted by Crippen LogP contribution is 2.31. The molecule has 0 heterocycles. The van der Waals surface area contributed by atoms with Crippen LogP contribution in [0.15, 0.2) is 48.5 Å². The summed E-state index contributed by atoms with van der Waals surface area (Å²) >= 11 is 0. The van der Waals surface area contributed by atoms with Crippen molar-refractivity contribution in [1.82, 2.24) is 5.32 Å². The van der Waals surface area contributed by atoms with Gasteiger partial charge in [0, 0.05) is 11.8 Å². The first-order valence-electron chi connectivity index (χ1n) is 7.93. The number of rotatable bonds is 7. The van der Waals surface area contributed by atoms with E-state index in [1.807, 2.05) is 0 Å². The summed E-state index contributed by atoms with van der Waals surface area (Å²) in [6.45, 7) is -1.81. The smallest absolute Gasteiger partial charge is 0.422 e. The first-order valence-corrected chi connectivity index (χ1v) is 7.93. The number of urea groups is 1. The number of anilines is 1. The van der Waals surface area contributed by atoms with Gasteiger partial charge < -0.3 is 25.2 Å². The fourth-order valence-electron chi connectivity index (χ4n) is 2.27. The standard InChI is InChI=1S/C18H19F3N2O4/c1-26-15-8-7-13(9-16(15)27-11-18(19,20)21)22-17(25)23-14(10-24)12-5-3-2-4-6-12/h2-9,14,24H,10-11H2,1H3,(H2,22,23,25)/t14-/m0/s1. The van der Waals surface area contributed by atoms with Crippen molar-refractivity contribution in [3.8, 4) is 11.5 Å². The zero-order chi connectivity index (χ0) is 19.9. The zero-order valence-electron chi connectivity index (χ0n) is 14.4. The first kappa shape index (κ1) is 20.4. The molecule has 0 radical (unpaired) electrons. The molecule has 0 fully saturated rings. The van der Waals surface area contributed by atoms with Gasteiger partial charge in [-0.05, 0) is 17.7 Å². The Bertz CT molecular complexity index is 754. The summed E-state index contributed by atoms with van der Waals surface area (Å²) in [6, 6.07) is 11.6. The van der Waals surface area contributed by atoms with Crippen LogP contribution in [0.2, 0.25) is 0 Å². The molecule has 0 saturated heterocycles. The monoisotopic (exact) mass is 384 g/mol. The summed E-state index contributed by atoms with van der Waals surface area (Å²) in [5.41, 5.74) is 0.911. The van der Waals surface area contributed by atoms with Crippen LogP contribution in [0, 0.1) is 0 Å². The molecule has 2 aromatic rings. The highest BCUT2D eigenvalue weighted by atomic mass is 19.4. The molecule has 0 aliphatic heterocycles. The van der Waals surface area contributed by atoms with Gasteiger partial charge in [0.2, 0.25) is 0 Å². The third-order valence-corrected chi connectivity index (χ3v) is 3.50. The van der Waals surface area contributed by atoms with Gasteiger partial charge in [-0.15, -0.1) is 0 Å². The molecule has 0 bridgehead atoms. The van der Waals surface area contributed by atoms with Crippen LogP contribution in [0.5, 0.6) is 11.5 Å². The minimum atomic E-state index is -4.50. The molecule has 27 heavy (non-hydrogen) atoms. The molecule has 0 spiro atoms. The fourth-order valence-corrected chi connectivity index (χ4v) is 2.27. The predicted octanol–water partition coefficient (Wildman–Crippen LogP) is 3.49. The lowest BCUT2D eigenvalue weighted by Gasteiger charge is -2.18. The van der Waals surface area contributed by atoms with Crippen LogP contribution in [0.25, 0.3) is 0 Å². The summed E-state index contributed by atoms with van der Waals surface area (Å²) in [4.78, 5) is 12.2. The molecule has 146 valence electrons. The van der Waals surface area contributed by atoms with Crippen molar-refractivity contribution in [3.63, 3.8) is 0 Å². The van der Waals surface area contributed by atoms with Crippen LogP contribution in [0.3, 0.4) is 0 Å². The van der Waals surface area contributed by atoms with Gasteiger partial charge in [0.1, 0.15) is 0 Å². The van der Waals surface area contributed by atoms with E-state index in [1.54, 1.807) is 30.3 Å². The third kappa shape index (κ3) is 6.37. The number of hydrogen-bond acceptors (Lipinski definition) is 4. The maximum atomic E-state index is 12.4. The molecule has 0 aromatic heterocycles. The number of carbonyl (C=O) groups excluding carboxylic acids is 1. The van der Waals surface area contributed by atoms with E-state index < -0.39 is 24.9 Å². The van der Waals surface area contributed by atoms with Crippen LogP contribution < -0.4 is 20.1 Å². The number of halogens is 3. The molecular formula is C18H19F3N2O4. The van der Waals surface area contributed by atoms with E-state index in [4.69, 9.17) is 9.47 Å². The van der Waals surface area contributed by atoms with E-state index in [2.05, 4.69) is 10.6 Å². The number of benzene rings is 2. The van der Waals surface area contributed by atoms with Crippen LogP contribution >= 0.6 is 0 Å². The minimum absolute atomic E-state index is 0.0997. The van der Waals surface area contributed by atoms with Gasteiger partial charge in [-0.3, -0.25) is 0 Å². The van der Waals surface area contributed by atoms with E-state index >= 15 is 0 Å². The van der Waals surface area contributed by atoms with Crippen LogP contribution in [-0.4, -0.2) is 37.6 Å². The molecule has 6 nitrogen and oxygen atoms in total. The molecule has 0 saturated carbocycles. The Morgan fingerprint density at radius 3 is 2.44 bits per heavy atom. The lowest BCUT2D eigenvalue weighted by molar-refractivity contribution is -0.153. The summed E-state index contributed by atoms with van der Waals surface area (Å²) in [5, 5.41) is 14.5. The lowest BCUT2D eigenvalue weighted by atomic mass is 10.1. The quantitative estimate of drug-likeness (QED) is 0.683. The van der Waals surface area contributed by atoms with E-state index in [1.165, 1.54) is 25.3 Å². The van der Waals surface area contributed by atoms with Gasteiger partial charge in [0.25, 0.3) is 0 Å². The van der Waals surface area contributed by atoms with Crippen LogP contribution in [0.1, 0.15) is 11.6 Å². The van der Waals surface area contributed by atoms with Crippen molar-refractivity contribution in [2.24, 2.45) is 0 Å². The molecule has 2 rings (SSSR count). The average Bonchev–Trinajstić information content (AvgIpc) is 2.64. The number of nitrogens with one attached hydrogen (secondary N) is 2. The number of aliphatic hydroxyl groups excluding tert-OH is 1. The fraction of sp³-hybridized carbons (Fsp3) is 0.278. The molecule has 0 aliphatic carbocycles. The number of amides is 2. The topological polar surface area (TPSA) is 79.8 Å². The second kappa shape index (κ2) is 9.13. The van der Waals surface area contributed by atoms with Crippen molar-refractivity contribution >= 4 is 11.7 Å². The number of carbonyl (C=O) groups is 1. The minimum Gasteiger partial charge on any atom is -0.493 e. The molecule has 1 atom stereocenters. The van der Waals surface area contributed by atoms with Crippen molar-refractivity contribution in [1.29, 1.82) is 0 Å². The Hall–Kier alpha value is -2.94. The molecule has 2 aromatic carbocycles. The second-order valence-corrected chi connectivity index (χ2v) is 5.51. The maximum absolute atomic E-state index is 12.4. The summed E-state index contributed by atoms with van der Waals surface area (Å²) in [7, 11) is 1.29. The maximum Gasteiger partial charge on any atom is 0.422 e. The Morgan fingerprint density at radius 2 is 1.85 bits per heavy atom. The lowest BCUT2D eigenvalue weighted by Crippen LogP contribution is -2.34. The Morgan fingerprint density at radius 1 is 1.15 bits per heavy atom. The summed E-state index contributed by atoms with van der Waals surface area (Å²) < 4.78 is 46.8. The largest absolute Gasteiger partial charge is 0.493 e. The number of aliphatic hydroxyl groups is 1.